The van der Waals surface area contributed by atoms with Crippen molar-refractivity contribution >= 4 is 18.0 Å². The Morgan fingerprint density at radius 1 is 0.818 bits per heavy atom. The Morgan fingerprint density at radius 2 is 1.42 bits per heavy atom. The Kier molecular flexibility index (Phi) is 20.7. The minimum Gasteiger partial charge on any atom is -0.465 e. The fourth-order valence-electron chi connectivity index (χ4n) is 3.22. The lowest BCUT2D eigenvalue weighted by atomic mass is 9.99. The molecule has 33 heavy (non-hydrogen) atoms. The van der Waals surface area contributed by atoms with Gasteiger partial charge in [0.25, 0.3) is 0 Å². The molecular formula is C24H45NO8. The first-order chi connectivity index (χ1) is 15.9. The zero-order valence-corrected chi connectivity index (χ0v) is 20.5. The molecule has 0 aromatic heterocycles. The fraction of sp³-hybridized carbons (Fsp3) is 0.875. The molecule has 0 spiro atoms. The summed E-state index contributed by atoms with van der Waals surface area (Å²) in [6.07, 6.45) is 8.10. The molecular weight excluding hydrogens is 430 g/mol. The van der Waals surface area contributed by atoms with Crippen LogP contribution in [0.4, 0.5) is 4.79 Å². The summed E-state index contributed by atoms with van der Waals surface area (Å²) in [5.41, 5.74) is 0. The lowest BCUT2D eigenvalue weighted by Gasteiger charge is -2.14. The summed E-state index contributed by atoms with van der Waals surface area (Å²) in [6, 6.07) is 0. The number of hydrogen-bond acceptors (Lipinski definition) is 8. The van der Waals surface area contributed by atoms with Crippen LogP contribution in [-0.2, 0) is 23.8 Å². The predicted molar refractivity (Wildman–Crippen MR) is 125 cm³/mol. The van der Waals surface area contributed by atoms with Crippen LogP contribution < -0.4 is 5.32 Å². The number of aliphatic hydroxyl groups is 2. The monoisotopic (exact) mass is 475 g/mol. The molecule has 0 aromatic rings. The molecule has 1 atom stereocenters. The summed E-state index contributed by atoms with van der Waals surface area (Å²) < 4.78 is 15.3. The summed E-state index contributed by atoms with van der Waals surface area (Å²) >= 11 is 0. The van der Waals surface area contributed by atoms with Crippen LogP contribution in [0.5, 0.6) is 0 Å². The molecule has 194 valence electrons. The minimum atomic E-state index is -1.02. The van der Waals surface area contributed by atoms with E-state index in [-0.39, 0.29) is 24.5 Å². The third-order valence-corrected chi connectivity index (χ3v) is 5.10. The fourth-order valence-corrected chi connectivity index (χ4v) is 3.22. The van der Waals surface area contributed by atoms with Crippen molar-refractivity contribution < 1.29 is 38.8 Å². The quantitative estimate of drug-likeness (QED) is 0.131. The summed E-state index contributed by atoms with van der Waals surface area (Å²) in [5, 5.41) is 20.5. The summed E-state index contributed by atoms with van der Waals surface area (Å²) in [4.78, 5) is 35.1. The first-order valence-corrected chi connectivity index (χ1v) is 12.5. The summed E-state index contributed by atoms with van der Waals surface area (Å²) in [7, 11) is 0. The van der Waals surface area contributed by atoms with Gasteiger partial charge in [0.15, 0.2) is 0 Å². The van der Waals surface area contributed by atoms with Gasteiger partial charge < -0.3 is 29.7 Å². The molecule has 1 amide bonds. The molecule has 3 N–H and O–H groups in total. The van der Waals surface area contributed by atoms with Gasteiger partial charge in [0, 0.05) is 13.0 Å². The molecule has 1 unspecified atom stereocenters. The Labute approximate surface area is 198 Å². The van der Waals surface area contributed by atoms with E-state index in [1.54, 1.807) is 0 Å². The van der Waals surface area contributed by atoms with Gasteiger partial charge >= 0.3 is 18.0 Å². The number of carbonyl (C=O) groups is 3. The van der Waals surface area contributed by atoms with Crippen LogP contribution in [0.3, 0.4) is 0 Å². The van der Waals surface area contributed by atoms with Crippen molar-refractivity contribution in [2.75, 3.05) is 33.0 Å². The van der Waals surface area contributed by atoms with E-state index in [1.807, 2.05) is 0 Å². The summed E-state index contributed by atoms with van der Waals surface area (Å²) in [5.74, 6) is -0.492. The van der Waals surface area contributed by atoms with E-state index in [4.69, 9.17) is 24.4 Å². The molecule has 9 nitrogen and oxygen atoms in total. The van der Waals surface area contributed by atoms with E-state index >= 15 is 0 Å². The molecule has 9 heteroatoms. The number of carbonyl (C=O) groups excluding carboxylic acids is 3. The highest BCUT2D eigenvalue weighted by atomic mass is 16.6. The number of aliphatic hydroxyl groups excluding tert-OH is 2. The molecule has 0 aliphatic heterocycles. The van der Waals surface area contributed by atoms with Gasteiger partial charge in [-0.25, -0.2) is 4.79 Å². The van der Waals surface area contributed by atoms with Crippen LogP contribution in [0.1, 0.15) is 90.9 Å². The smallest absolute Gasteiger partial charge is 0.407 e. The van der Waals surface area contributed by atoms with E-state index in [9.17, 15) is 14.4 Å². The largest absolute Gasteiger partial charge is 0.465 e. The number of unbranched alkanes of at least 4 members (excludes halogenated alkanes) is 5. The van der Waals surface area contributed by atoms with Crippen molar-refractivity contribution in [2.24, 2.45) is 5.92 Å². The highest BCUT2D eigenvalue weighted by Crippen LogP contribution is 2.15. The van der Waals surface area contributed by atoms with Crippen molar-refractivity contribution in [3.63, 3.8) is 0 Å². The Bertz CT molecular complexity index is 509. The third kappa shape index (κ3) is 19.3. The van der Waals surface area contributed by atoms with Crippen LogP contribution in [0, 0.1) is 5.92 Å². The lowest BCUT2D eigenvalue weighted by Crippen LogP contribution is -2.25. The minimum absolute atomic E-state index is 0.00378. The van der Waals surface area contributed by atoms with Crippen LogP contribution in [0.15, 0.2) is 0 Å². The van der Waals surface area contributed by atoms with Crippen molar-refractivity contribution in [1.29, 1.82) is 0 Å². The van der Waals surface area contributed by atoms with Crippen molar-refractivity contribution in [2.45, 2.75) is 97.0 Å². The molecule has 0 radical (unpaired) electrons. The second-order valence-corrected chi connectivity index (χ2v) is 8.25. The number of alkyl carbamates (subject to hydrolysis) is 1. The lowest BCUT2D eigenvalue weighted by molar-refractivity contribution is -0.149. The number of amides is 1. The van der Waals surface area contributed by atoms with Gasteiger partial charge in [-0.2, -0.15) is 0 Å². The number of esters is 2. The average molecular weight is 476 g/mol. The second-order valence-electron chi connectivity index (χ2n) is 8.25. The molecule has 0 fully saturated rings. The number of ether oxygens (including phenoxy) is 3. The van der Waals surface area contributed by atoms with Crippen LogP contribution in [-0.4, -0.2) is 67.3 Å². The Hall–Kier alpha value is -1.87. The Morgan fingerprint density at radius 3 is 2.06 bits per heavy atom. The van der Waals surface area contributed by atoms with Gasteiger partial charge in [-0.3, -0.25) is 9.59 Å². The zero-order chi connectivity index (χ0) is 24.7. The maximum absolute atomic E-state index is 12.0. The standard InChI is InChI=1S/C24H45NO8/c1-3-12-20(13-4-2)23(29)31-16-10-11-17-32-24(30)25-15-9-7-5-6-8-14-22(28)33-19-21(27)18-26/h20-21,26-27H,3-19H2,1-2H3,(H,25,30). The maximum atomic E-state index is 12.0. The second kappa shape index (κ2) is 21.9. The molecule has 0 aliphatic carbocycles. The van der Waals surface area contributed by atoms with E-state index in [0.29, 0.717) is 45.4 Å². The van der Waals surface area contributed by atoms with Gasteiger partial charge in [-0.1, -0.05) is 46.0 Å². The number of hydrogen-bond donors (Lipinski definition) is 3. The van der Waals surface area contributed by atoms with Crippen LogP contribution in [0.2, 0.25) is 0 Å². The molecule has 0 aromatic carbocycles. The van der Waals surface area contributed by atoms with E-state index in [2.05, 4.69) is 19.2 Å². The predicted octanol–water partition coefficient (Wildman–Crippen LogP) is 3.49. The highest BCUT2D eigenvalue weighted by Gasteiger charge is 2.17. The van der Waals surface area contributed by atoms with Crippen molar-refractivity contribution in [3.05, 3.63) is 0 Å². The highest BCUT2D eigenvalue weighted by molar-refractivity contribution is 5.72. The topological polar surface area (TPSA) is 131 Å². The zero-order valence-electron chi connectivity index (χ0n) is 20.5. The molecule has 0 saturated heterocycles. The molecule has 0 heterocycles. The van der Waals surface area contributed by atoms with Crippen LogP contribution >= 0.6 is 0 Å². The maximum Gasteiger partial charge on any atom is 0.407 e. The van der Waals surface area contributed by atoms with E-state index in [1.165, 1.54) is 0 Å². The third-order valence-electron chi connectivity index (χ3n) is 5.10. The number of nitrogens with one attached hydrogen (secondary N) is 1. The Balaban J connectivity index is 3.51. The molecule has 0 rings (SSSR count). The van der Waals surface area contributed by atoms with Gasteiger partial charge in [-0.15, -0.1) is 0 Å². The van der Waals surface area contributed by atoms with Gasteiger partial charge in [0.2, 0.25) is 0 Å². The van der Waals surface area contributed by atoms with Gasteiger partial charge in [-0.05, 0) is 38.5 Å². The summed E-state index contributed by atoms with van der Waals surface area (Å²) in [6.45, 7) is 4.72. The van der Waals surface area contributed by atoms with Crippen molar-refractivity contribution in [3.8, 4) is 0 Å². The average Bonchev–Trinajstić information content (AvgIpc) is 2.80. The first kappa shape index (κ1) is 31.1. The van der Waals surface area contributed by atoms with Crippen LogP contribution in [0.25, 0.3) is 0 Å². The SMILES string of the molecule is CCCC(CCC)C(=O)OCCCCOC(=O)NCCCCCCCC(=O)OCC(O)CO. The molecule has 0 aliphatic rings. The normalized spacial score (nSPS) is 11.8. The van der Waals surface area contributed by atoms with Gasteiger partial charge in [0.1, 0.15) is 12.7 Å². The van der Waals surface area contributed by atoms with E-state index in [0.717, 1.165) is 51.4 Å². The van der Waals surface area contributed by atoms with E-state index < -0.39 is 18.8 Å². The molecule has 0 saturated carbocycles. The molecule has 0 bridgehead atoms. The first-order valence-electron chi connectivity index (χ1n) is 12.5. The number of rotatable bonds is 21. The van der Waals surface area contributed by atoms with Gasteiger partial charge in [0.05, 0.1) is 25.7 Å². The van der Waals surface area contributed by atoms with Crippen molar-refractivity contribution in [1.82, 2.24) is 5.32 Å².